The van der Waals surface area contributed by atoms with Crippen LogP contribution in [0.2, 0.25) is 5.02 Å². The summed E-state index contributed by atoms with van der Waals surface area (Å²) in [6.07, 6.45) is -2.19. The minimum Gasteiger partial charge on any atom is -0.351 e. The van der Waals surface area contributed by atoms with Gasteiger partial charge in [0.25, 0.3) is 0 Å². The summed E-state index contributed by atoms with van der Waals surface area (Å²) in [5.74, 6) is 0.190. The zero-order chi connectivity index (χ0) is 12.0. The fourth-order valence-electron chi connectivity index (χ4n) is 1.18. The molecule has 1 fully saturated rings. The van der Waals surface area contributed by atoms with Gasteiger partial charge < -0.3 is 11.1 Å². The molecule has 1 aromatic rings. The highest BCUT2D eigenvalue weighted by Gasteiger charge is 2.39. The summed E-state index contributed by atoms with van der Waals surface area (Å²) >= 11 is 5.69. The van der Waals surface area contributed by atoms with Gasteiger partial charge in [-0.1, -0.05) is 11.6 Å². The lowest BCUT2D eigenvalue weighted by atomic mass is 10.2. The van der Waals surface area contributed by atoms with Crippen LogP contribution < -0.4 is 11.1 Å². The Hall–Kier alpha value is -1.01. The molecule has 0 unspecified atom stereocenters. The number of nitrogens with zero attached hydrogens (tertiary/aromatic N) is 1. The first-order chi connectivity index (χ1) is 7.30. The Balaban J connectivity index is 2.23. The molecule has 2 rings (SSSR count). The number of anilines is 1. The Bertz CT molecular complexity index is 415. The van der Waals surface area contributed by atoms with Crippen molar-refractivity contribution in [2.75, 3.05) is 5.32 Å². The van der Waals surface area contributed by atoms with Crippen LogP contribution in [0, 0.1) is 0 Å². The van der Waals surface area contributed by atoms with Crippen molar-refractivity contribution in [2.24, 2.45) is 5.73 Å². The zero-order valence-electron chi connectivity index (χ0n) is 8.11. The number of nitrogens with two attached hydrogens (primary N) is 1. The summed E-state index contributed by atoms with van der Waals surface area (Å²) in [4.78, 5) is 3.63. The van der Waals surface area contributed by atoms with Crippen molar-refractivity contribution >= 4 is 17.4 Å². The maximum atomic E-state index is 12.3. The molecule has 88 valence electrons. The van der Waals surface area contributed by atoms with Gasteiger partial charge in [0, 0.05) is 6.20 Å². The topological polar surface area (TPSA) is 50.9 Å². The van der Waals surface area contributed by atoms with E-state index in [1.54, 1.807) is 0 Å². The van der Waals surface area contributed by atoms with Crippen LogP contribution in [0.25, 0.3) is 0 Å². The van der Waals surface area contributed by atoms with Crippen LogP contribution in [0.15, 0.2) is 12.3 Å². The molecule has 1 heterocycles. The third-order valence-electron chi connectivity index (χ3n) is 2.32. The molecule has 0 aromatic carbocycles. The van der Waals surface area contributed by atoms with Gasteiger partial charge in [-0.3, -0.25) is 0 Å². The molecular weight excluding hydrogens is 243 g/mol. The number of hydrogen-bond donors (Lipinski definition) is 2. The van der Waals surface area contributed by atoms with Crippen LogP contribution >= 0.6 is 11.6 Å². The second-order valence-corrected chi connectivity index (χ2v) is 4.24. The van der Waals surface area contributed by atoms with E-state index in [0.29, 0.717) is 0 Å². The van der Waals surface area contributed by atoms with Crippen LogP contribution in [-0.2, 0) is 6.18 Å². The van der Waals surface area contributed by atoms with Gasteiger partial charge in [0.15, 0.2) is 0 Å². The van der Waals surface area contributed by atoms with E-state index in [-0.39, 0.29) is 10.8 Å². The Kier molecular flexibility index (Phi) is 2.51. The molecule has 0 saturated heterocycles. The molecule has 0 radical (unpaired) electrons. The average Bonchev–Trinajstić information content (AvgIpc) is 2.86. The van der Waals surface area contributed by atoms with Crippen molar-refractivity contribution in [3.05, 3.63) is 22.8 Å². The molecule has 1 saturated carbocycles. The lowest BCUT2D eigenvalue weighted by Gasteiger charge is -2.14. The summed E-state index contributed by atoms with van der Waals surface area (Å²) in [6, 6.07) is 0.836. The molecule has 3 N–H and O–H groups in total. The smallest absolute Gasteiger partial charge is 0.351 e. The van der Waals surface area contributed by atoms with E-state index in [4.69, 9.17) is 17.3 Å². The van der Waals surface area contributed by atoms with E-state index >= 15 is 0 Å². The van der Waals surface area contributed by atoms with Crippen LogP contribution in [0.4, 0.5) is 19.0 Å². The van der Waals surface area contributed by atoms with E-state index in [9.17, 15) is 13.2 Å². The van der Waals surface area contributed by atoms with Crippen LogP contribution in [-0.4, -0.2) is 10.6 Å². The maximum Gasteiger partial charge on any atom is 0.417 e. The largest absolute Gasteiger partial charge is 0.417 e. The van der Waals surface area contributed by atoms with E-state index < -0.39 is 17.4 Å². The number of pyridine rings is 1. The first-order valence-corrected chi connectivity index (χ1v) is 4.98. The third kappa shape index (κ3) is 2.38. The minimum absolute atomic E-state index is 0.0773. The molecule has 0 aliphatic heterocycles. The van der Waals surface area contributed by atoms with Gasteiger partial charge in [-0.2, -0.15) is 13.2 Å². The highest BCUT2D eigenvalue weighted by atomic mass is 35.5. The van der Waals surface area contributed by atoms with Gasteiger partial charge in [0.05, 0.1) is 16.2 Å². The van der Waals surface area contributed by atoms with Gasteiger partial charge in [0.1, 0.15) is 5.82 Å². The van der Waals surface area contributed by atoms with E-state index in [0.717, 1.165) is 25.1 Å². The van der Waals surface area contributed by atoms with Gasteiger partial charge in [0.2, 0.25) is 0 Å². The number of alkyl halides is 3. The number of halogens is 4. The molecule has 0 atom stereocenters. The van der Waals surface area contributed by atoms with E-state index in [1.807, 2.05) is 0 Å². The van der Waals surface area contributed by atoms with Crippen molar-refractivity contribution in [2.45, 2.75) is 24.7 Å². The first kappa shape index (κ1) is 11.5. The highest BCUT2D eigenvalue weighted by molar-refractivity contribution is 6.33. The number of rotatable bonds is 2. The SMILES string of the molecule is NC1(Nc2ncc(C(F)(F)F)cc2Cl)CC1. The molecule has 1 aliphatic carbocycles. The fourth-order valence-corrected chi connectivity index (χ4v) is 1.39. The van der Waals surface area contributed by atoms with Gasteiger partial charge >= 0.3 is 6.18 Å². The van der Waals surface area contributed by atoms with Gasteiger partial charge in [-0.25, -0.2) is 4.98 Å². The monoisotopic (exact) mass is 251 g/mol. The summed E-state index contributed by atoms with van der Waals surface area (Å²) in [6.45, 7) is 0. The zero-order valence-corrected chi connectivity index (χ0v) is 8.86. The summed E-state index contributed by atoms with van der Waals surface area (Å²) in [5, 5.41) is 2.73. The molecular formula is C9H9ClF3N3. The molecule has 3 nitrogen and oxygen atoms in total. The van der Waals surface area contributed by atoms with Crippen molar-refractivity contribution in [1.29, 1.82) is 0 Å². The van der Waals surface area contributed by atoms with Gasteiger partial charge in [-0.05, 0) is 18.9 Å². The standard InChI is InChI=1S/C9H9ClF3N3/c10-6-3-5(9(11,12)13)4-15-7(6)16-8(14)1-2-8/h3-4H,1-2,14H2,(H,15,16). The minimum atomic E-state index is -4.44. The Morgan fingerprint density at radius 2 is 2.06 bits per heavy atom. The lowest BCUT2D eigenvalue weighted by molar-refractivity contribution is -0.137. The molecule has 1 aromatic heterocycles. The number of nitrogens with one attached hydrogen (secondary N) is 1. The second kappa shape index (κ2) is 3.49. The molecule has 0 amide bonds. The van der Waals surface area contributed by atoms with Crippen molar-refractivity contribution in [1.82, 2.24) is 4.98 Å². The maximum absolute atomic E-state index is 12.3. The lowest BCUT2D eigenvalue weighted by Crippen LogP contribution is -2.32. The summed E-state index contributed by atoms with van der Waals surface area (Å²) < 4.78 is 36.9. The number of aromatic nitrogens is 1. The van der Waals surface area contributed by atoms with Crippen LogP contribution in [0.3, 0.4) is 0 Å². The van der Waals surface area contributed by atoms with Crippen molar-refractivity contribution < 1.29 is 13.2 Å². The molecule has 1 aliphatic rings. The summed E-state index contributed by atoms with van der Waals surface area (Å²) in [5.41, 5.74) is 4.31. The van der Waals surface area contributed by atoms with Crippen LogP contribution in [0.1, 0.15) is 18.4 Å². The first-order valence-electron chi connectivity index (χ1n) is 4.60. The Morgan fingerprint density at radius 3 is 2.50 bits per heavy atom. The van der Waals surface area contributed by atoms with E-state index in [1.165, 1.54) is 0 Å². The van der Waals surface area contributed by atoms with Crippen molar-refractivity contribution in [3.8, 4) is 0 Å². The normalized spacial score (nSPS) is 18.3. The predicted octanol–water partition coefficient (Wildman–Crippen LogP) is 2.61. The van der Waals surface area contributed by atoms with Gasteiger partial charge in [-0.15, -0.1) is 0 Å². The quantitative estimate of drug-likeness (QED) is 0.795. The molecule has 0 bridgehead atoms. The molecule has 0 spiro atoms. The molecule has 16 heavy (non-hydrogen) atoms. The second-order valence-electron chi connectivity index (χ2n) is 3.83. The fraction of sp³-hybridized carbons (Fsp3) is 0.444. The predicted molar refractivity (Wildman–Crippen MR) is 54.0 cm³/mol. The third-order valence-corrected chi connectivity index (χ3v) is 2.61. The average molecular weight is 252 g/mol. The van der Waals surface area contributed by atoms with Crippen LogP contribution in [0.5, 0.6) is 0 Å². The van der Waals surface area contributed by atoms with E-state index in [2.05, 4.69) is 10.3 Å². The Morgan fingerprint density at radius 1 is 1.44 bits per heavy atom. The summed E-state index contributed by atoms with van der Waals surface area (Å²) in [7, 11) is 0. The molecule has 7 heteroatoms. The van der Waals surface area contributed by atoms with Crippen molar-refractivity contribution in [3.63, 3.8) is 0 Å². The Labute approximate surface area is 94.8 Å². The highest BCUT2D eigenvalue weighted by Crippen LogP contribution is 2.37. The number of hydrogen-bond acceptors (Lipinski definition) is 3.